The van der Waals surface area contributed by atoms with Crippen molar-refractivity contribution in [3.05, 3.63) is 59.7 Å². The minimum Gasteiger partial charge on any atom is -0.480 e. The number of hydrogen-bond donors (Lipinski definition) is 3. The fraction of sp³-hybridized carbons (Fsp3) is 0.360. The molecule has 184 valence electrons. The standard InChI is InChI=1S/C25H26N2O8/c1-33-21(28)12-20(24(30)31)26-23(29)22-19(10-11-34-22)27-25(32)35-13-18-16-8-4-2-6-14(16)15-7-3-5-9-17(15)18/h2-9,18-20,22H,10-13H2,1H3,(H,26,29)(H,27,32)(H,30,31)/t19-,20+,22+/m1/s1. The first-order valence-corrected chi connectivity index (χ1v) is 11.2. The Balaban J connectivity index is 1.35. The first-order chi connectivity index (χ1) is 16.9. The van der Waals surface area contributed by atoms with Gasteiger partial charge in [-0.1, -0.05) is 48.5 Å². The van der Waals surface area contributed by atoms with Crippen LogP contribution in [0.5, 0.6) is 0 Å². The van der Waals surface area contributed by atoms with Gasteiger partial charge < -0.3 is 30.0 Å². The molecule has 1 saturated heterocycles. The number of aliphatic carboxylic acids is 1. The molecule has 0 spiro atoms. The smallest absolute Gasteiger partial charge is 0.407 e. The molecule has 2 aromatic carbocycles. The van der Waals surface area contributed by atoms with Gasteiger partial charge in [0.25, 0.3) is 5.91 Å². The van der Waals surface area contributed by atoms with Crippen LogP contribution in [0, 0.1) is 0 Å². The normalized spacial score (nSPS) is 19.2. The third-order valence-electron chi connectivity index (χ3n) is 6.21. The zero-order chi connectivity index (χ0) is 24.9. The summed E-state index contributed by atoms with van der Waals surface area (Å²) in [5.41, 5.74) is 4.37. The van der Waals surface area contributed by atoms with Crippen LogP contribution in [0.25, 0.3) is 11.1 Å². The molecular weight excluding hydrogens is 456 g/mol. The van der Waals surface area contributed by atoms with E-state index >= 15 is 0 Å². The van der Waals surface area contributed by atoms with Gasteiger partial charge in [0, 0.05) is 12.5 Å². The number of carboxylic acid groups (broad SMARTS) is 1. The Kier molecular flexibility index (Phi) is 7.31. The third kappa shape index (κ3) is 5.27. The number of benzene rings is 2. The molecule has 2 aliphatic rings. The molecule has 35 heavy (non-hydrogen) atoms. The summed E-state index contributed by atoms with van der Waals surface area (Å²) in [6.45, 7) is 0.311. The van der Waals surface area contributed by atoms with E-state index in [1.165, 1.54) is 0 Å². The first kappa shape index (κ1) is 24.2. The van der Waals surface area contributed by atoms with Crippen LogP contribution in [0.2, 0.25) is 0 Å². The number of ether oxygens (including phenoxy) is 3. The Morgan fingerprint density at radius 2 is 1.69 bits per heavy atom. The minimum atomic E-state index is -1.48. The van der Waals surface area contributed by atoms with Gasteiger partial charge >= 0.3 is 18.0 Å². The summed E-state index contributed by atoms with van der Waals surface area (Å²) in [4.78, 5) is 48.0. The topological polar surface area (TPSA) is 140 Å². The maximum Gasteiger partial charge on any atom is 0.407 e. The van der Waals surface area contributed by atoms with Crippen LogP contribution in [0.1, 0.15) is 29.9 Å². The van der Waals surface area contributed by atoms with Crippen molar-refractivity contribution in [1.82, 2.24) is 10.6 Å². The lowest BCUT2D eigenvalue weighted by Gasteiger charge is -2.22. The number of rotatable bonds is 8. The average molecular weight is 482 g/mol. The Morgan fingerprint density at radius 1 is 1.06 bits per heavy atom. The summed E-state index contributed by atoms with van der Waals surface area (Å²) in [5.74, 6) is -3.02. The van der Waals surface area contributed by atoms with E-state index in [1.807, 2.05) is 48.5 Å². The maximum absolute atomic E-state index is 12.6. The highest BCUT2D eigenvalue weighted by Crippen LogP contribution is 2.44. The minimum absolute atomic E-state index is 0.110. The van der Waals surface area contributed by atoms with Crippen molar-refractivity contribution in [3.8, 4) is 11.1 Å². The van der Waals surface area contributed by atoms with E-state index in [1.54, 1.807) is 0 Å². The molecule has 0 unspecified atom stereocenters. The Labute approximate surface area is 201 Å². The molecule has 0 aromatic heterocycles. The summed E-state index contributed by atoms with van der Waals surface area (Å²) in [6.07, 6.45) is -2.01. The van der Waals surface area contributed by atoms with Crippen molar-refractivity contribution in [1.29, 1.82) is 0 Å². The number of nitrogens with one attached hydrogen (secondary N) is 2. The largest absolute Gasteiger partial charge is 0.480 e. The summed E-state index contributed by atoms with van der Waals surface area (Å²) in [6, 6.07) is 13.7. The number of carbonyl (C=O) groups is 4. The van der Waals surface area contributed by atoms with Gasteiger partial charge in [-0.15, -0.1) is 0 Å². The molecule has 0 bridgehead atoms. The molecule has 10 nitrogen and oxygen atoms in total. The van der Waals surface area contributed by atoms with Gasteiger partial charge in [0.2, 0.25) is 0 Å². The van der Waals surface area contributed by atoms with E-state index in [-0.39, 0.29) is 19.1 Å². The van der Waals surface area contributed by atoms with Crippen LogP contribution in [-0.2, 0) is 28.6 Å². The van der Waals surface area contributed by atoms with E-state index in [4.69, 9.17) is 9.47 Å². The lowest BCUT2D eigenvalue weighted by atomic mass is 9.98. The molecule has 2 amide bonds. The Bertz CT molecular complexity index is 1090. The van der Waals surface area contributed by atoms with E-state index in [9.17, 15) is 24.3 Å². The second-order valence-electron chi connectivity index (χ2n) is 8.34. The predicted octanol–water partition coefficient (Wildman–Crippen LogP) is 1.82. The molecule has 4 rings (SSSR count). The molecule has 1 heterocycles. The van der Waals surface area contributed by atoms with E-state index in [0.717, 1.165) is 29.4 Å². The van der Waals surface area contributed by atoms with Gasteiger partial charge in [-0.3, -0.25) is 9.59 Å². The first-order valence-electron chi connectivity index (χ1n) is 11.2. The summed E-state index contributed by atoms with van der Waals surface area (Å²) >= 11 is 0. The van der Waals surface area contributed by atoms with Gasteiger partial charge in [0.1, 0.15) is 12.6 Å². The van der Waals surface area contributed by atoms with Crippen LogP contribution in [0.15, 0.2) is 48.5 Å². The van der Waals surface area contributed by atoms with Crippen molar-refractivity contribution >= 4 is 23.9 Å². The van der Waals surface area contributed by atoms with Crippen molar-refractivity contribution in [2.24, 2.45) is 0 Å². The van der Waals surface area contributed by atoms with Crippen molar-refractivity contribution in [2.45, 2.75) is 36.9 Å². The third-order valence-corrected chi connectivity index (χ3v) is 6.21. The quantitative estimate of drug-likeness (QED) is 0.484. The number of alkyl carbamates (subject to hydrolysis) is 1. The van der Waals surface area contributed by atoms with Crippen LogP contribution in [0.3, 0.4) is 0 Å². The van der Waals surface area contributed by atoms with E-state index in [0.29, 0.717) is 6.42 Å². The molecular formula is C25H26N2O8. The maximum atomic E-state index is 12.6. The Morgan fingerprint density at radius 3 is 2.29 bits per heavy atom. The van der Waals surface area contributed by atoms with Crippen LogP contribution < -0.4 is 10.6 Å². The monoisotopic (exact) mass is 482 g/mol. The molecule has 0 radical (unpaired) electrons. The molecule has 1 aliphatic carbocycles. The van der Waals surface area contributed by atoms with Crippen LogP contribution in [0.4, 0.5) is 4.79 Å². The van der Waals surface area contributed by atoms with E-state index in [2.05, 4.69) is 15.4 Å². The zero-order valence-corrected chi connectivity index (χ0v) is 19.1. The van der Waals surface area contributed by atoms with Crippen LogP contribution >= 0.6 is 0 Å². The molecule has 1 fully saturated rings. The number of esters is 1. The SMILES string of the molecule is COC(=O)C[C@H](NC(=O)[C@H]1OCC[C@H]1NC(=O)OCC1c2ccccc2-c2ccccc21)C(=O)O. The molecule has 2 aromatic rings. The predicted molar refractivity (Wildman–Crippen MR) is 123 cm³/mol. The van der Waals surface area contributed by atoms with Gasteiger partial charge in [-0.05, 0) is 28.7 Å². The lowest BCUT2D eigenvalue weighted by molar-refractivity contribution is -0.149. The summed E-state index contributed by atoms with van der Waals surface area (Å²) < 4.78 is 15.4. The van der Waals surface area contributed by atoms with Gasteiger partial charge in [-0.25, -0.2) is 9.59 Å². The fourth-order valence-electron chi connectivity index (χ4n) is 4.49. The van der Waals surface area contributed by atoms with Gasteiger partial charge in [-0.2, -0.15) is 0 Å². The summed E-state index contributed by atoms with van der Waals surface area (Å²) in [7, 11) is 1.12. The molecule has 1 aliphatic heterocycles. The Hall–Kier alpha value is -3.92. The highest BCUT2D eigenvalue weighted by atomic mass is 16.6. The van der Waals surface area contributed by atoms with Gasteiger partial charge in [0.15, 0.2) is 6.10 Å². The zero-order valence-electron chi connectivity index (χ0n) is 19.1. The number of fused-ring (bicyclic) bond motifs is 3. The lowest BCUT2D eigenvalue weighted by Crippen LogP contribution is -2.52. The van der Waals surface area contributed by atoms with Crippen molar-refractivity contribution in [2.75, 3.05) is 20.3 Å². The number of hydrogen-bond acceptors (Lipinski definition) is 7. The average Bonchev–Trinajstić information content (AvgIpc) is 3.44. The summed E-state index contributed by atoms with van der Waals surface area (Å²) in [5, 5.41) is 14.2. The number of carboxylic acids is 1. The van der Waals surface area contributed by atoms with Gasteiger partial charge in [0.05, 0.1) is 19.6 Å². The van der Waals surface area contributed by atoms with Crippen molar-refractivity contribution in [3.63, 3.8) is 0 Å². The second kappa shape index (κ2) is 10.6. The molecule has 3 N–H and O–H groups in total. The highest BCUT2D eigenvalue weighted by Gasteiger charge is 2.38. The molecule has 10 heteroatoms. The highest BCUT2D eigenvalue weighted by molar-refractivity contribution is 5.90. The number of carbonyl (C=O) groups excluding carboxylic acids is 3. The number of amides is 2. The second-order valence-corrected chi connectivity index (χ2v) is 8.34. The molecule has 3 atom stereocenters. The van der Waals surface area contributed by atoms with Crippen LogP contribution in [-0.4, -0.2) is 67.6 Å². The van der Waals surface area contributed by atoms with E-state index < -0.39 is 48.5 Å². The number of methoxy groups -OCH3 is 1. The fourth-order valence-corrected chi connectivity index (χ4v) is 4.49. The van der Waals surface area contributed by atoms with Crippen molar-refractivity contribution < 1.29 is 38.5 Å². The molecule has 0 saturated carbocycles.